The van der Waals surface area contributed by atoms with Gasteiger partial charge in [-0.1, -0.05) is 18.2 Å². The van der Waals surface area contributed by atoms with Gasteiger partial charge in [0, 0.05) is 31.1 Å². The SMILES string of the molecule is COC1(C)CCCN(c2nc3ccccc3cc2CO)C1. The van der Waals surface area contributed by atoms with Crippen molar-refractivity contribution in [2.75, 3.05) is 25.1 Å². The molecule has 4 heteroatoms. The highest BCUT2D eigenvalue weighted by molar-refractivity contribution is 5.81. The lowest BCUT2D eigenvalue weighted by Gasteiger charge is -2.40. The van der Waals surface area contributed by atoms with Crippen LogP contribution in [0.5, 0.6) is 0 Å². The van der Waals surface area contributed by atoms with Crippen LogP contribution < -0.4 is 4.90 Å². The van der Waals surface area contributed by atoms with Gasteiger partial charge >= 0.3 is 0 Å². The predicted octanol–water partition coefficient (Wildman–Crippen LogP) is 2.73. The third-order valence-electron chi connectivity index (χ3n) is 4.40. The summed E-state index contributed by atoms with van der Waals surface area (Å²) in [5.41, 5.74) is 1.71. The van der Waals surface area contributed by atoms with Gasteiger partial charge in [-0.3, -0.25) is 0 Å². The number of piperidine rings is 1. The lowest BCUT2D eigenvalue weighted by atomic mass is 9.94. The van der Waals surface area contributed by atoms with Gasteiger partial charge < -0.3 is 14.7 Å². The zero-order valence-corrected chi connectivity index (χ0v) is 12.7. The predicted molar refractivity (Wildman–Crippen MR) is 84.5 cm³/mol. The molecule has 0 spiro atoms. The van der Waals surface area contributed by atoms with E-state index in [1.54, 1.807) is 7.11 Å². The van der Waals surface area contributed by atoms with Crippen molar-refractivity contribution in [3.63, 3.8) is 0 Å². The quantitative estimate of drug-likeness (QED) is 0.942. The van der Waals surface area contributed by atoms with Crippen molar-refractivity contribution in [1.82, 2.24) is 4.98 Å². The Morgan fingerprint density at radius 1 is 1.38 bits per heavy atom. The molecule has 1 N–H and O–H groups in total. The van der Waals surface area contributed by atoms with Crippen LogP contribution in [0, 0.1) is 0 Å². The fraction of sp³-hybridized carbons (Fsp3) is 0.471. The highest BCUT2D eigenvalue weighted by atomic mass is 16.5. The number of rotatable bonds is 3. The van der Waals surface area contributed by atoms with E-state index in [1.807, 2.05) is 30.3 Å². The van der Waals surface area contributed by atoms with E-state index in [2.05, 4.69) is 11.8 Å². The van der Waals surface area contributed by atoms with E-state index in [9.17, 15) is 5.11 Å². The Bertz CT molecular complexity index is 644. The summed E-state index contributed by atoms with van der Waals surface area (Å²) in [6.07, 6.45) is 2.13. The molecule has 1 saturated heterocycles. The molecule has 21 heavy (non-hydrogen) atoms. The van der Waals surface area contributed by atoms with Crippen LogP contribution in [0.2, 0.25) is 0 Å². The monoisotopic (exact) mass is 286 g/mol. The van der Waals surface area contributed by atoms with Gasteiger partial charge in [-0.05, 0) is 31.9 Å². The number of benzene rings is 1. The molecule has 0 saturated carbocycles. The Kier molecular flexibility index (Phi) is 3.83. The Labute approximate surface area is 125 Å². The molecule has 0 bridgehead atoms. The summed E-state index contributed by atoms with van der Waals surface area (Å²) in [6, 6.07) is 10.1. The average molecular weight is 286 g/mol. The number of fused-ring (bicyclic) bond motifs is 1. The molecule has 2 heterocycles. The van der Waals surface area contributed by atoms with E-state index >= 15 is 0 Å². The van der Waals surface area contributed by atoms with Crippen LogP contribution in [0.25, 0.3) is 10.9 Å². The third-order valence-corrected chi connectivity index (χ3v) is 4.40. The Hall–Kier alpha value is -1.65. The molecule has 0 aliphatic carbocycles. The summed E-state index contributed by atoms with van der Waals surface area (Å²) < 4.78 is 5.66. The maximum absolute atomic E-state index is 9.70. The molecule has 3 rings (SSSR count). The van der Waals surface area contributed by atoms with Crippen molar-refractivity contribution in [3.8, 4) is 0 Å². The Balaban J connectivity index is 2.02. The lowest BCUT2D eigenvalue weighted by molar-refractivity contribution is -0.00487. The number of aromatic nitrogens is 1. The minimum Gasteiger partial charge on any atom is -0.392 e. The normalized spacial score (nSPS) is 22.7. The second kappa shape index (κ2) is 5.62. The minimum atomic E-state index is -0.141. The molecule has 1 atom stereocenters. The molecule has 1 aromatic carbocycles. The van der Waals surface area contributed by atoms with Crippen LogP contribution in [0.3, 0.4) is 0 Å². The third kappa shape index (κ3) is 2.74. The summed E-state index contributed by atoms with van der Waals surface area (Å²) >= 11 is 0. The summed E-state index contributed by atoms with van der Waals surface area (Å²) in [5.74, 6) is 0.888. The second-order valence-electron chi connectivity index (χ2n) is 6.00. The minimum absolute atomic E-state index is 0.00731. The highest BCUT2D eigenvalue weighted by Gasteiger charge is 2.32. The van der Waals surface area contributed by atoms with Crippen molar-refractivity contribution in [3.05, 3.63) is 35.9 Å². The molecular weight excluding hydrogens is 264 g/mol. The highest BCUT2D eigenvalue weighted by Crippen LogP contribution is 2.30. The number of anilines is 1. The number of aliphatic hydroxyl groups is 1. The van der Waals surface area contributed by atoms with Gasteiger partial charge in [-0.2, -0.15) is 0 Å². The fourth-order valence-corrected chi connectivity index (χ4v) is 3.09. The smallest absolute Gasteiger partial charge is 0.134 e. The van der Waals surface area contributed by atoms with Gasteiger partial charge in [0.05, 0.1) is 17.7 Å². The number of methoxy groups -OCH3 is 1. The standard InChI is InChI=1S/C17H22N2O2/c1-17(21-2)8-5-9-19(12-17)16-14(11-20)10-13-6-3-4-7-15(13)18-16/h3-4,6-7,10,20H,5,8-9,11-12H2,1-2H3. The van der Waals surface area contributed by atoms with Gasteiger partial charge in [0.1, 0.15) is 5.82 Å². The van der Waals surface area contributed by atoms with Crippen LogP contribution in [0.15, 0.2) is 30.3 Å². The number of hydrogen-bond donors (Lipinski definition) is 1. The number of pyridine rings is 1. The molecule has 1 aromatic heterocycles. The number of aliphatic hydroxyl groups excluding tert-OH is 1. The van der Waals surface area contributed by atoms with Crippen LogP contribution in [-0.2, 0) is 11.3 Å². The number of para-hydroxylation sites is 1. The number of hydrogen-bond acceptors (Lipinski definition) is 4. The van der Waals surface area contributed by atoms with Crippen LogP contribution in [0.4, 0.5) is 5.82 Å². The van der Waals surface area contributed by atoms with Gasteiger partial charge in [-0.15, -0.1) is 0 Å². The van der Waals surface area contributed by atoms with Crippen molar-refractivity contribution in [2.45, 2.75) is 32.0 Å². The first-order chi connectivity index (χ1) is 10.1. The lowest BCUT2D eigenvalue weighted by Crippen LogP contribution is -2.48. The first kappa shape index (κ1) is 14.3. The Morgan fingerprint density at radius 3 is 2.95 bits per heavy atom. The second-order valence-corrected chi connectivity index (χ2v) is 6.00. The molecule has 0 amide bonds. The first-order valence-corrected chi connectivity index (χ1v) is 7.45. The maximum Gasteiger partial charge on any atom is 0.134 e. The van der Waals surface area contributed by atoms with E-state index in [-0.39, 0.29) is 12.2 Å². The van der Waals surface area contributed by atoms with Crippen molar-refractivity contribution in [2.24, 2.45) is 0 Å². The van der Waals surface area contributed by atoms with Crippen molar-refractivity contribution < 1.29 is 9.84 Å². The van der Waals surface area contributed by atoms with E-state index in [0.29, 0.717) is 0 Å². The molecule has 1 fully saturated rings. The number of ether oxygens (including phenoxy) is 1. The molecule has 4 nitrogen and oxygen atoms in total. The zero-order valence-electron chi connectivity index (χ0n) is 12.7. The molecule has 2 aromatic rings. The molecule has 1 aliphatic heterocycles. The summed E-state index contributed by atoms with van der Waals surface area (Å²) in [6.45, 7) is 3.91. The van der Waals surface area contributed by atoms with Crippen LogP contribution in [0.1, 0.15) is 25.3 Å². The summed E-state index contributed by atoms with van der Waals surface area (Å²) in [5, 5.41) is 10.8. The largest absolute Gasteiger partial charge is 0.392 e. The van der Waals surface area contributed by atoms with Gasteiger partial charge in [0.25, 0.3) is 0 Å². The molecule has 0 radical (unpaired) electrons. The molecule has 1 unspecified atom stereocenters. The van der Waals surface area contributed by atoms with Crippen molar-refractivity contribution >= 4 is 16.7 Å². The summed E-state index contributed by atoms with van der Waals surface area (Å²) in [4.78, 5) is 7.02. The maximum atomic E-state index is 9.70. The Morgan fingerprint density at radius 2 is 2.19 bits per heavy atom. The zero-order chi connectivity index (χ0) is 14.9. The van der Waals surface area contributed by atoms with Gasteiger partial charge in [0.2, 0.25) is 0 Å². The first-order valence-electron chi connectivity index (χ1n) is 7.45. The average Bonchev–Trinajstić information content (AvgIpc) is 2.53. The molecule has 112 valence electrons. The van der Waals surface area contributed by atoms with E-state index < -0.39 is 0 Å². The van der Waals surface area contributed by atoms with Gasteiger partial charge in [-0.25, -0.2) is 4.98 Å². The van der Waals surface area contributed by atoms with E-state index in [0.717, 1.165) is 48.2 Å². The van der Waals surface area contributed by atoms with Crippen molar-refractivity contribution in [1.29, 1.82) is 0 Å². The molecular formula is C17H22N2O2. The van der Waals surface area contributed by atoms with Crippen LogP contribution >= 0.6 is 0 Å². The topological polar surface area (TPSA) is 45.6 Å². The van der Waals surface area contributed by atoms with Crippen LogP contribution in [-0.4, -0.2) is 35.9 Å². The van der Waals surface area contributed by atoms with E-state index in [4.69, 9.17) is 9.72 Å². The molecule has 1 aliphatic rings. The van der Waals surface area contributed by atoms with Gasteiger partial charge in [0.15, 0.2) is 0 Å². The number of nitrogens with zero attached hydrogens (tertiary/aromatic N) is 2. The summed E-state index contributed by atoms with van der Waals surface area (Å²) in [7, 11) is 1.77. The fourth-order valence-electron chi connectivity index (χ4n) is 3.09. The van der Waals surface area contributed by atoms with E-state index in [1.165, 1.54) is 0 Å².